The summed E-state index contributed by atoms with van der Waals surface area (Å²) in [7, 11) is 0. The Morgan fingerprint density at radius 3 is 2.43 bits per heavy atom. The van der Waals surface area contributed by atoms with Gasteiger partial charge in [0.25, 0.3) is 0 Å². The number of aliphatic carboxylic acids is 1. The fraction of sp³-hybridized carbons (Fsp3) is 0.333. The molecule has 1 aromatic rings. The Morgan fingerprint density at radius 1 is 1.26 bits per heavy atom. The van der Waals surface area contributed by atoms with Crippen molar-refractivity contribution in [2.45, 2.75) is 19.2 Å². The molecule has 0 bridgehead atoms. The molecule has 2 amide bonds. The van der Waals surface area contributed by atoms with E-state index in [1.165, 1.54) is 0 Å². The number of benzene rings is 1. The SMILES string of the molecule is O=C(O)CCNC(=O)Nc1ccc(OC(F)F)c(C(F)(F)F)c1. The number of hydrogen-bond donors (Lipinski definition) is 3. The second-order valence-electron chi connectivity index (χ2n) is 4.11. The van der Waals surface area contributed by atoms with Crippen molar-refractivity contribution in [3.05, 3.63) is 23.8 Å². The highest BCUT2D eigenvalue weighted by Gasteiger charge is 2.35. The zero-order valence-electron chi connectivity index (χ0n) is 11.3. The van der Waals surface area contributed by atoms with Gasteiger partial charge in [0, 0.05) is 12.2 Å². The van der Waals surface area contributed by atoms with Gasteiger partial charge in [-0.05, 0) is 18.2 Å². The van der Waals surface area contributed by atoms with Gasteiger partial charge in [-0.3, -0.25) is 4.79 Å². The summed E-state index contributed by atoms with van der Waals surface area (Å²) in [5.74, 6) is -2.25. The number of ether oxygens (including phenoxy) is 1. The maximum absolute atomic E-state index is 12.8. The van der Waals surface area contributed by atoms with E-state index in [0.717, 1.165) is 6.07 Å². The molecule has 0 heterocycles. The number of hydrogen-bond acceptors (Lipinski definition) is 3. The number of halogens is 5. The minimum atomic E-state index is -4.97. The van der Waals surface area contributed by atoms with Crippen molar-refractivity contribution < 1.29 is 41.4 Å². The number of carboxylic acid groups (broad SMARTS) is 1. The van der Waals surface area contributed by atoms with Crippen LogP contribution in [0.25, 0.3) is 0 Å². The van der Waals surface area contributed by atoms with Gasteiger partial charge in [0.1, 0.15) is 5.75 Å². The molecule has 0 aliphatic rings. The molecule has 0 saturated heterocycles. The molecule has 1 rings (SSSR count). The number of nitrogens with one attached hydrogen (secondary N) is 2. The fourth-order valence-electron chi connectivity index (χ4n) is 1.49. The van der Waals surface area contributed by atoms with Gasteiger partial charge >= 0.3 is 24.8 Å². The van der Waals surface area contributed by atoms with Crippen molar-refractivity contribution in [2.75, 3.05) is 11.9 Å². The number of carbonyl (C=O) groups excluding carboxylic acids is 1. The monoisotopic (exact) mass is 342 g/mol. The summed E-state index contributed by atoms with van der Waals surface area (Å²) < 4.78 is 66.3. The summed E-state index contributed by atoms with van der Waals surface area (Å²) in [6.45, 7) is -3.67. The molecule has 0 aliphatic carbocycles. The second kappa shape index (κ2) is 7.61. The minimum Gasteiger partial charge on any atom is -0.481 e. The van der Waals surface area contributed by atoms with E-state index in [0.29, 0.717) is 12.1 Å². The van der Waals surface area contributed by atoms with Gasteiger partial charge in [-0.15, -0.1) is 0 Å². The molecule has 0 unspecified atom stereocenters. The summed E-state index contributed by atoms with van der Waals surface area (Å²) in [6, 6.07) is 1.06. The quantitative estimate of drug-likeness (QED) is 0.694. The molecular formula is C12H11F5N2O4. The highest BCUT2D eigenvalue weighted by atomic mass is 19.4. The molecule has 0 radical (unpaired) electrons. The maximum Gasteiger partial charge on any atom is 0.420 e. The molecule has 0 spiro atoms. The van der Waals surface area contributed by atoms with E-state index in [1.54, 1.807) is 0 Å². The molecule has 23 heavy (non-hydrogen) atoms. The molecule has 0 aliphatic heterocycles. The van der Waals surface area contributed by atoms with Crippen molar-refractivity contribution in [3.63, 3.8) is 0 Å². The number of carbonyl (C=O) groups is 2. The van der Waals surface area contributed by atoms with Crippen LogP contribution < -0.4 is 15.4 Å². The van der Waals surface area contributed by atoms with Crippen LogP contribution in [-0.2, 0) is 11.0 Å². The van der Waals surface area contributed by atoms with Gasteiger partial charge < -0.3 is 20.5 Å². The minimum absolute atomic E-state index is 0.236. The number of anilines is 1. The van der Waals surface area contributed by atoms with Gasteiger partial charge in [0.05, 0.1) is 12.0 Å². The summed E-state index contributed by atoms with van der Waals surface area (Å²) in [4.78, 5) is 21.6. The van der Waals surface area contributed by atoms with Crippen LogP contribution in [-0.4, -0.2) is 30.3 Å². The molecule has 0 fully saturated rings. The Kier molecular flexibility index (Phi) is 6.10. The maximum atomic E-state index is 12.8. The molecule has 3 N–H and O–H groups in total. The van der Waals surface area contributed by atoms with Crippen LogP contribution in [0.1, 0.15) is 12.0 Å². The first-order chi connectivity index (χ1) is 10.6. The van der Waals surface area contributed by atoms with E-state index in [2.05, 4.69) is 10.1 Å². The van der Waals surface area contributed by atoms with Gasteiger partial charge in [-0.2, -0.15) is 22.0 Å². The zero-order valence-corrected chi connectivity index (χ0v) is 11.3. The number of urea groups is 1. The fourth-order valence-corrected chi connectivity index (χ4v) is 1.49. The van der Waals surface area contributed by atoms with Gasteiger partial charge in [-0.25, -0.2) is 4.79 Å². The van der Waals surface area contributed by atoms with Gasteiger partial charge in [-0.1, -0.05) is 0 Å². The van der Waals surface area contributed by atoms with Gasteiger partial charge in [0.15, 0.2) is 0 Å². The van der Waals surface area contributed by atoms with Crippen LogP contribution in [0.15, 0.2) is 18.2 Å². The van der Waals surface area contributed by atoms with E-state index in [4.69, 9.17) is 5.11 Å². The average molecular weight is 342 g/mol. The van der Waals surface area contributed by atoms with Crippen LogP contribution in [0.5, 0.6) is 5.75 Å². The number of amides is 2. The van der Waals surface area contributed by atoms with E-state index in [1.807, 2.05) is 5.32 Å². The Bertz CT molecular complexity index is 577. The van der Waals surface area contributed by atoms with E-state index in [9.17, 15) is 31.5 Å². The second-order valence-corrected chi connectivity index (χ2v) is 4.11. The molecule has 1 aromatic carbocycles. The first-order valence-corrected chi connectivity index (χ1v) is 6.02. The lowest BCUT2D eigenvalue weighted by atomic mass is 10.1. The third-order valence-corrected chi connectivity index (χ3v) is 2.38. The molecule has 0 aromatic heterocycles. The van der Waals surface area contributed by atoms with Crippen molar-refractivity contribution in [2.24, 2.45) is 0 Å². The Balaban J connectivity index is 2.84. The lowest BCUT2D eigenvalue weighted by Gasteiger charge is -2.15. The average Bonchev–Trinajstić information content (AvgIpc) is 2.38. The van der Waals surface area contributed by atoms with Gasteiger partial charge in [0.2, 0.25) is 0 Å². The first-order valence-electron chi connectivity index (χ1n) is 6.02. The van der Waals surface area contributed by atoms with Crippen LogP contribution >= 0.6 is 0 Å². The van der Waals surface area contributed by atoms with Crippen molar-refractivity contribution in [1.29, 1.82) is 0 Å². The normalized spacial score (nSPS) is 11.2. The number of alkyl halides is 5. The van der Waals surface area contributed by atoms with Crippen LogP contribution in [0, 0.1) is 0 Å². The molecule has 128 valence electrons. The van der Waals surface area contributed by atoms with Crippen molar-refractivity contribution >= 4 is 17.7 Å². The predicted molar refractivity (Wildman–Crippen MR) is 67.4 cm³/mol. The Morgan fingerprint density at radius 2 is 1.91 bits per heavy atom. The lowest BCUT2D eigenvalue weighted by Crippen LogP contribution is -2.30. The Hall–Kier alpha value is -2.59. The van der Waals surface area contributed by atoms with Crippen LogP contribution in [0.2, 0.25) is 0 Å². The zero-order chi connectivity index (χ0) is 17.6. The van der Waals surface area contributed by atoms with E-state index < -0.39 is 36.1 Å². The molecule has 11 heteroatoms. The Labute approximate surface area is 126 Å². The molecule has 0 saturated carbocycles. The number of rotatable bonds is 6. The molecule has 0 atom stereocenters. The first kappa shape index (κ1) is 18.5. The summed E-state index contributed by atoms with van der Waals surface area (Å²) in [5, 5.41) is 12.5. The number of carboxylic acids is 1. The summed E-state index contributed by atoms with van der Waals surface area (Å²) >= 11 is 0. The largest absolute Gasteiger partial charge is 0.481 e. The standard InChI is InChI=1S/C12H11F5N2O4/c13-10(14)23-8-2-1-6(5-7(8)12(15,16)17)19-11(22)18-4-3-9(20)21/h1-2,5,10H,3-4H2,(H,20,21)(H2,18,19,22). The lowest BCUT2D eigenvalue weighted by molar-refractivity contribution is -0.142. The highest BCUT2D eigenvalue weighted by molar-refractivity contribution is 5.89. The smallest absolute Gasteiger partial charge is 0.420 e. The predicted octanol–water partition coefficient (Wildman–Crippen LogP) is 2.90. The highest BCUT2D eigenvalue weighted by Crippen LogP contribution is 2.38. The summed E-state index contributed by atoms with van der Waals surface area (Å²) in [6.07, 6.45) is -5.34. The van der Waals surface area contributed by atoms with Crippen molar-refractivity contribution in [1.82, 2.24) is 5.32 Å². The third-order valence-electron chi connectivity index (χ3n) is 2.38. The van der Waals surface area contributed by atoms with E-state index >= 15 is 0 Å². The van der Waals surface area contributed by atoms with Crippen LogP contribution in [0.4, 0.5) is 32.4 Å². The molecular weight excluding hydrogens is 331 g/mol. The third kappa shape index (κ3) is 6.36. The van der Waals surface area contributed by atoms with Crippen molar-refractivity contribution in [3.8, 4) is 5.75 Å². The van der Waals surface area contributed by atoms with E-state index in [-0.39, 0.29) is 18.7 Å². The molecule has 6 nitrogen and oxygen atoms in total. The topological polar surface area (TPSA) is 87.7 Å². The summed E-state index contributed by atoms with van der Waals surface area (Å²) in [5.41, 5.74) is -1.81. The van der Waals surface area contributed by atoms with Crippen LogP contribution in [0.3, 0.4) is 0 Å².